The highest BCUT2D eigenvalue weighted by molar-refractivity contribution is 7.80. The Kier molecular flexibility index (Phi) is 4.20. The van der Waals surface area contributed by atoms with Crippen molar-refractivity contribution in [1.29, 1.82) is 0 Å². The zero-order chi connectivity index (χ0) is 14.7. The van der Waals surface area contributed by atoms with Crippen LogP contribution in [0.25, 0.3) is 0 Å². The molecule has 0 radical (unpaired) electrons. The van der Waals surface area contributed by atoms with E-state index >= 15 is 0 Å². The Hall–Kier alpha value is -1.88. The highest BCUT2D eigenvalue weighted by Crippen LogP contribution is 2.24. The summed E-state index contributed by atoms with van der Waals surface area (Å²) in [7, 11) is 0. The van der Waals surface area contributed by atoms with E-state index in [9.17, 15) is 0 Å². The van der Waals surface area contributed by atoms with Gasteiger partial charge >= 0.3 is 0 Å². The van der Waals surface area contributed by atoms with Gasteiger partial charge in [-0.3, -0.25) is 0 Å². The average molecular weight is 301 g/mol. The fourth-order valence-corrected chi connectivity index (χ4v) is 2.87. The van der Waals surface area contributed by atoms with Gasteiger partial charge in [0.15, 0.2) is 0 Å². The molecule has 0 saturated carbocycles. The fraction of sp³-hybridized carbons (Fsp3) is 0.375. The maximum Gasteiger partial charge on any atom is 0.136 e. The highest BCUT2D eigenvalue weighted by Gasteiger charge is 2.16. The normalized spacial score (nSPS) is 13.7. The first-order valence-corrected chi connectivity index (χ1v) is 7.73. The van der Waals surface area contributed by atoms with E-state index in [1.54, 1.807) is 6.26 Å². The van der Waals surface area contributed by atoms with Gasteiger partial charge in [-0.05, 0) is 49.4 Å². The molecule has 2 aromatic rings. The van der Waals surface area contributed by atoms with Crippen molar-refractivity contribution in [3.63, 3.8) is 0 Å². The topological polar surface area (TPSA) is 64.1 Å². The first-order valence-electron chi connectivity index (χ1n) is 7.33. The summed E-state index contributed by atoms with van der Waals surface area (Å²) in [5, 5.41) is 3.34. The summed E-state index contributed by atoms with van der Waals surface area (Å²) >= 11 is 5.16. The number of anilines is 1. The molecule has 4 nitrogen and oxygen atoms in total. The zero-order valence-electron chi connectivity index (χ0n) is 11.9. The van der Waals surface area contributed by atoms with Crippen molar-refractivity contribution in [3.8, 4) is 0 Å². The SMILES string of the molecule is NC(=S)c1cc2c(nc1NCCc1ccco1)CCCC2. The van der Waals surface area contributed by atoms with Crippen LogP contribution in [0.4, 0.5) is 5.82 Å². The lowest BCUT2D eigenvalue weighted by Crippen LogP contribution is -2.19. The standard InChI is InChI=1S/C16H19N3OS/c17-15(21)13-10-11-4-1-2-6-14(11)19-16(13)18-8-7-12-5-3-9-20-12/h3,5,9-10H,1-2,4,6-8H2,(H2,17,21)(H,18,19). The molecule has 0 atom stereocenters. The quantitative estimate of drug-likeness (QED) is 0.831. The van der Waals surface area contributed by atoms with E-state index in [4.69, 9.17) is 27.4 Å². The van der Waals surface area contributed by atoms with Crippen molar-refractivity contribution < 1.29 is 4.42 Å². The number of aryl methyl sites for hydroxylation is 2. The number of thiocarbonyl (C=S) groups is 1. The molecule has 0 spiro atoms. The van der Waals surface area contributed by atoms with E-state index in [0.717, 1.165) is 42.9 Å². The summed E-state index contributed by atoms with van der Waals surface area (Å²) in [6.07, 6.45) is 7.04. The second-order valence-electron chi connectivity index (χ2n) is 5.32. The van der Waals surface area contributed by atoms with Crippen LogP contribution in [0.3, 0.4) is 0 Å². The number of fused-ring (bicyclic) bond motifs is 1. The predicted octanol–water partition coefficient (Wildman–Crippen LogP) is 2.84. The second-order valence-corrected chi connectivity index (χ2v) is 5.76. The lowest BCUT2D eigenvalue weighted by Gasteiger charge is -2.19. The number of nitrogens with zero attached hydrogens (tertiary/aromatic N) is 1. The molecule has 2 aromatic heterocycles. The monoisotopic (exact) mass is 301 g/mol. The van der Waals surface area contributed by atoms with Gasteiger partial charge in [0.05, 0.1) is 11.8 Å². The minimum Gasteiger partial charge on any atom is -0.469 e. The van der Waals surface area contributed by atoms with Crippen molar-refractivity contribution in [3.05, 3.63) is 47.0 Å². The molecule has 5 heteroatoms. The van der Waals surface area contributed by atoms with Crippen LogP contribution in [0.2, 0.25) is 0 Å². The Morgan fingerprint density at radius 2 is 2.24 bits per heavy atom. The third-order valence-corrected chi connectivity index (χ3v) is 4.03. The molecule has 0 unspecified atom stereocenters. The Morgan fingerprint density at radius 3 is 3.00 bits per heavy atom. The Morgan fingerprint density at radius 1 is 1.38 bits per heavy atom. The smallest absolute Gasteiger partial charge is 0.136 e. The second kappa shape index (κ2) is 6.26. The number of nitrogens with one attached hydrogen (secondary N) is 1. The summed E-state index contributed by atoms with van der Waals surface area (Å²) < 4.78 is 5.33. The molecule has 110 valence electrons. The molecule has 21 heavy (non-hydrogen) atoms. The van der Waals surface area contributed by atoms with Crippen molar-refractivity contribution in [1.82, 2.24) is 4.98 Å². The fourth-order valence-electron chi connectivity index (χ4n) is 2.72. The van der Waals surface area contributed by atoms with Crippen LogP contribution in [0.1, 0.15) is 35.4 Å². The van der Waals surface area contributed by atoms with Crippen LogP contribution < -0.4 is 11.1 Å². The molecule has 1 aliphatic rings. The summed E-state index contributed by atoms with van der Waals surface area (Å²) in [5.41, 5.74) is 9.17. The lowest BCUT2D eigenvalue weighted by atomic mass is 9.94. The number of pyridine rings is 1. The molecule has 0 aliphatic heterocycles. The highest BCUT2D eigenvalue weighted by atomic mass is 32.1. The number of hydrogen-bond donors (Lipinski definition) is 2. The molecule has 0 saturated heterocycles. The molecule has 0 amide bonds. The van der Waals surface area contributed by atoms with Crippen LogP contribution in [0.15, 0.2) is 28.9 Å². The van der Waals surface area contributed by atoms with Crippen molar-refractivity contribution in [2.45, 2.75) is 32.1 Å². The molecule has 1 aliphatic carbocycles. The van der Waals surface area contributed by atoms with Crippen molar-refractivity contribution in [2.24, 2.45) is 5.73 Å². The van der Waals surface area contributed by atoms with E-state index in [-0.39, 0.29) is 0 Å². The minimum absolute atomic E-state index is 0.399. The van der Waals surface area contributed by atoms with Gasteiger partial charge < -0.3 is 15.5 Å². The van der Waals surface area contributed by atoms with E-state index in [2.05, 4.69) is 11.4 Å². The summed E-state index contributed by atoms with van der Waals surface area (Å²) in [4.78, 5) is 5.14. The molecule has 0 bridgehead atoms. The summed E-state index contributed by atoms with van der Waals surface area (Å²) in [5.74, 6) is 1.76. The molecule has 3 rings (SSSR count). The van der Waals surface area contributed by atoms with Gasteiger partial charge in [-0.1, -0.05) is 12.2 Å². The van der Waals surface area contributed by atoms with Gasteiger partial charge in [-0.15, -0.1) is 0 Å². The maximum atomic E-state index is 5.85. The van der Waals surface area contributed by atoms with Crippen LogP contribution >= 0.6 is 12.2 Å². The molecule has 3 N–H and O–H groups in total. The van der Waals surface area contributed by atoms with Crippen molar-refractivity contribution in [2.75, 3.05) is 11.9 Å². The summed E-state index contributed by atoms with van der Waals surface area (Å²) in [6.45, 7) is 0.745. The third-order valence-electron chi connectivity index (χ3n) is 3.81. The van der Waals surface area contributed by atoms with Crippen LogP contribution in [0, 0.1) is 0 Å². The number of nitrogens with two attached hydrogens (primary N) is 1. The van der Waals surface area contributed by atoms with Crippen LogP contribution in [0.5, 0.6) is 0 Å². The molecule has 0 fully saturated rings. The van der Waals surface area contributed by atoms with E-state index in [0.29, 0.717) is 4.99 Å². The van der Waals surface area contributed by atoms with Crippen LogP contribution in [-0.2, 0) is 19.3 Å². The van der Waals surface area contributed by atoms with Gasteiger partial charge in [0.2, 0.25) is 0 Å². The Balaban J connectivity index is 1.77. The van der Waals surface area contributed by atoms with Gasteiger partial charge in [0.1, 0.15) is 16.6 Å². The van der Waals surface area contributed by atoms with Gasteiger partial charge in [0, 0.05) is 18.7 Å². The minimum atomic E-state index is 0.399. The van der Waals surface area contributed by atoms with E-state index in [1.807, 2.05) is 12.1 Å². The lowest BCUT2D eigenvalue weighted by molar-refractivity contribution is 0.513. The van der Waals surface area contributed by atoms with E-state index < -0.39 is 0 Å². The Bertz CT molecular complexity index is 637. The largest absolute Gasteiger partial charge is 0.469 e. The zero-order valence-corrected chi connectivity index (χ0v) is 12.7. The van der Waals surface area contributed by atoms with Crippen molar-refractivity contribution >= 4 is 23.0 Å². The third kappa shape index (κ3) is 3.24. The molecule has 2 heterocycles. The number of furan rings is 1. The van der Waals surface area contributed by atoms with Gasteiger partial charge in [-0.2, -0.15) is 0 Å². The molecular weight excluding hydrogens is 282 g/mol. The average Bonchev–Trinajstić information content (AvgIpc) is 2.99. The number of aromatic nitrogens is 1. The van der Waals surface area contributed by atoms with Gasteiger partial charge in [0.25, 0.3) is 0 Å². The number of rotatable bonds is 5. The molecule has 0 aromatic carbocycles. The van der Waals surface area contributed by atoms with E-state index in [1.165, 1.54) is 24.1 Å². The van der Waals surface area contributed by atoms with Gasteiger partial charge in [-0.25, -0.2) is 4.98 Å². The molecular formula is C16H19N3OS. The first-order chi connectivity index (χ1) is 10.2. The Labute approximate surface area is 129 Å². The van der Waals surface area contributed by atoms with Crippen LogP contribution in [-0.4, -0.2) is 16.5 Å². The first kappa shape index (κ1) is 14.1. The number of hydrogen-bond acceptors (Lipinski definition) is 4. The predicted molar refractivity (Wildman–Crippen MR) is 87.7 cm³/mol. The summed E-state index contributed by atoms with van der Waals surface area (Å²) in [6, 6.07) is 5.97. The maximum absolute atomic E-state index is 5.85.